The smallest absolute Gasteiger partial charge is 0.271 e. The fourth-order valence-electron chi connectivity index (χ4n) is 3.15. The zero-order chi connectivity index (χ0) is 24.9. The minimum Gasteiger partial charge on any atom is -0.497 e. The number of nitrogens with zero attached hydrogens (tertiary/aromatic N) is 2. The highest BCUT2D eigenvalue weighted by Gasteiger charge is 2.28. The first kappa shape index (κ1) is 24.5. The van der Waals surface area contributed by atoms with E-state index >= 15 is 0 Å². The Morgan fingerprint density at radius 3 is 2.35 bits per heavy atom. The van der Waals surface area contributed by atoms with Gasteiger partial charge in [0.1, 0.15) is 18.0 Å². The van der Waals surface area contributed by atoms with Gasteiger partial charge in [-0.2, -0.15) is 0 Å². The fraction of sp³-hybridized carbons (Fsp3) is 0.174. The van der Waals surface area contributed by atoms with Gasteiger partial charge in [-0.3, -0.25) is 19.2 Å². The molecule has 0 aliphatic heterocycles. The molecule has 34 heavy (non-hydrogen) atoms. The number of carbonyl (C=O) groups is 1. The first-order chi connectivity index (χ1) is 16.1. The molecule has 0 heterocycles. The Hall–Kier alpha value is -4.12. The Kier molecular flexibility index (Phi) is 7.37. The number of hydrogen-bond donors (Lipinski definition) is 1. The van der Waals surface area contributed by atoms with Gasteiger partial charge < -0.3 is 14.8 Å². The molecule has 178 valence electrons. The van der Waals surface area contributed by atoms with Crippen LogP contribution in [0.3, 0.4) is 0 Å². The second-order valence-electron chi connectivity index (χ2n) is 7.22. The predicted octanol–water partition coefficient (Wildman–Crippen LogP) is 3.75. The second kappa shape index (κ2) is 10.2. The minimum atomic E-state index is -4.14. The number of benzene rings is 3. The number of rotatable bonds is 9. The first-order valence-electron chi connectivity index (χ1n) is 10.0. The van der Waals surface area contributed by atoms with Crippen molar-refractivity contribution in [3.05, 3.63) is 82.4 Å². The fourth-order valence-corrected chi connectivity index (χ4v) is 4.56. The third-order valence-corrected chi connectivity index (χ3v) is 6.69. The van der Waals surface area contributed by atoms with Crippen molar-refractivity contribution in [3.63, 3.8) is 0 Å². The topological polar surface area (TPSA) is 128 Å². The van der Waals surface area contributed by atoms with Crippen molar-refractivity contribution >= 4 is 33.0 Å². The number of ether oxygens (including phenoxy) is 2. The maximum absolute atomic E-state index is 13.5. The van der Waals surface area contributed by atoms with Crippen molar-refractivity contribution < 1.29 is 27.6 Å². The number of carbonyl (C=O) groups excluding carboxylic acids is 1. The van der Waals surface area contributed by atoms with Crippen LogP contribution in [0.4, 0.5) is 17.1 Å². The lowest BCUT2D eigenvalue weighted by Gasteiger charge is -2.24. The van der Waals surface area contributed by atoms with E-state index < -0.39 is 27.4 Å². The summed E-state index contributed by atoms with van der Waals surface area (Å²) >= 11 is 0. The van der Waals surface area contributed by atoms with Gasteiger partial charge in [0.05, 0.1) is 35.4 Å². The molecule has 0 bridgehead atoms. The van der Waals surface area contributed by atoms with E-state index in [1.54, 1.807) is 24.3 Å². The molecule has 0 aromatic heterocycles. The van der Waals surface area contributed by atoms with Crippen molar-refractivity contribution in [2.75, 3.05) is 30.4 Å². The Bertz CT molecular complexity index is 1310. The monoisotopic (exact) mass is 485 g/mol. The number of hydrogen-bond acceptors (Lipinski definition) is 7. The number of anilines is 2. The summed E-state index contributed by atoms with van der Waals surface area (Å²) in [6.45, 7) is 1.23. The van der Waals surface area contributed by atoms with Crippen LogP contribution < -0.4 is 19.1 Å². The van der Waals surface area contributed by atoms with Crippen LogP contribution in [-0.2, 0) is 14.8 Å². The largest absolute Gasteiger partial charge is 0.497 e. The molecule has 0 atom stereocenters. The Balaban J connectivity index is 1.99. The van der Waals surface area contributed by atoms with E-state index in [0.29, 0.717) is 5.75 Å². The molecule has 0 spiro atoms. The van der Waals surface area contributed by atoms with Crippen LogP contribution in [0.25, 0.3) is 0 Å². The molecule has 0 aliphatic carbocycles. The van der Waals surface area contributed by atoms with Crippen LogP contribution in [0.5, 0.6) is 11.5 Å². The molecule has 0 unspecified atom stereocenters. The van der Waals surface area contributed by atoms with Gasteiger partial charge in [-0.25, -0.2) is 8.42 Å². The highest BCUT2D eigenvalue weighted by atomic mass is 32.2. The van der Waals surface area contributed by atoms with Crippen molar-refractivity contribution in [1.82, 2.24) is 0 Å². The first-order valence-corrected chi connectivity index (χ1v) is 11.5. The summed E-state index contributed by atoms with van der Waals surface area (Å²) < 4.78 is 38.3. The number of nitro benzene ring substituents is 1. The van der Waals surface area contributed by atoms with Gasteiger partial charge >= 0.3 is 0 Å². The molecule has 10 nitrogen and oxygen atoms in total. The molecule has 1 N–H and O–H groups in total. The third-order valence-electron chi connectivity index (χ3n) is 4.91. The molecule has 1 amide bonds. The minimum absolute atomic E-state index is 0.00153. The number of aryl methyl sites for hydroxylation is 1. The van der Waals surface area contributed by atoms with Gasteiger partial charge in [0.2, 0.25) is 5.91 Å². The summed E-state index contributed by atoms with van der Waals surface area (Å²) in [6.07, 6.45) is 0. The molecule has 0 aliphatic rings. The van der Waals surface area contributed by atoms with E-state index in [1.807, 2.05) is 6.92 Å². The van der Waals surface area contributed by atoms with Gasteiger partial charge in [-0.05, 0) is 37.3 Å². The van der Waals surface area contributed by atoms with Crippen LogP contribution in [0, 0.1) is 17.0 Å². The van der Waals surface area contributed by atoms with Gasteiger partial charge in [-0.1, -0.05) is 23.8 Å². The summed E-state index contributed by atoms with van der Waals surface area (Å²) in [4.78, 5) is 23.5. The SMILES string of the molecule is COc1cccc(N(CC(=O)Nc2cc([N+](=O)[O-])ccc2OC)S(=O)(=O)c2ccc(C)cc2)c1. The molecular weight excluding hydrogens is 462 g/mol. The summed E-state index contributed by atoms with van der Waals surface area (Å²) in [5.74, 6) is -0.132. The van der Waals surface area contributed by atoms with Crippen LogP contribution >= 0.6 is 0 Å². The normalized spacial score (nSPS) is 10.9. The second-order valence-corrected chi connectivity index (χ2v) is 9.08. The van der Waals surface area contributed by atoms with Gasteiger partial charge in [0, 0.05) is 18.2 Å². The molecule has 0 saturated heterocycles. The lowest BCUT2D eigenvalue weighted by Crippen LogP contribution is -2.38. The highest BCUT2D eigenvalue weighted by molar-refractivity contribution is 7.92. The van der Waals surface area contributed by atoms with Crippen LogP contribution in [-0.4, -0.2) is 40.0 Å². The van der Waals surface area contributed by atoms with Crippen LogP contribution in [0.15, 0.2) is 71.6 Å². The zero-order valence-corrected chi connectivity index (χ0v) is 19.5. The molecule has 3 aromatic rings. The van der Waals surface area contributed by atoms with E-state index in [9.17, 15) is 23.3 Å². The molecule has 11 heteroatoms. The molecule has 0 saturated carbocycles. The van der Waals surface area contributed by atoms with Crippen molar-refractivity contribution in [2.45, 2.75) is 11.8 Å². The lowest BCUT2D eigenvalue weighted by atomic mass is 10.2. The standard InChI is InChI=1S/C23H23N3O7S/c1-16-7-10-20(11-8-16)34(30,31)25(17-5-4-6-19(13-17)32-2)15-23(27)24-21-14-18(26(28)29)9-12-22(21)33-3/h4-14H,15H2,1-3H3,(H,24,27). The molecule has 0 radical (unpaired) electrons. The highest BCUT2D eigenvalue weighted by Crippen LogP contribution is 2.30. The predicted molar refractivity (Wildman–Crippen MR) is 127 cm³/mol. The zero-order valence-electron chi connectivity index (χ0n) is 18.7. The third kappa shape index (κ3) is 5.44. The number of non-ortho nitro benzene ring substituents is 1. The van der Waals surface area contributed by atoms with E-state index in [0.717, 1.165) is 15.9 Å². The van der Waals surface area contributed by atoms with E-state index in [4.69, 9.17) is 9.47 Å². The van der Waals surface area contributed by atoms with Gasteiger partial charge in [0.25, 0.3) is 15.7 Å². The maximum atomic E-state index is 13.5. The van der Waals surface area contributed by atoms with E-state index in [1.165, 1.54) is 50.6 Å². The van der Waals surface area contributed by atoms with E-state index in [2.05, 4.69) is 5.32 Å². The Labute approximate surface area is 196 Å². The van der Waals surface area contributed by atoms with Crippen molar-refractivity contribution in [2.24, 2.45) is 0 Å². The number of amides is 1. The number of methoxy groups -OCH3 is 2. The quantitative estimate of drug-likeness (QED) is 0.361. The van der Waals surface area contributed by atoms with Crippen molar-refractivity contribution in [1.29, 1.82) is 0 Å². The molecule has 3 aromatic carbocycles. The Morgan fingerprint density at radius 1 is 1.03 bits per heavy atom. The maximum Gasteiger partial charge on any atom is 0.271 e. The van der Waals surface area contributed by atoms with Crippen LogP contribution in [0.2, 0.25) is 0 Å². The summed E-state index contributed by atoms with van der Waals surface area (Å²) in [7, 11) is -1.35. The Morgan fingerprint density at radius 2 is 1.74 bits per heavy atom. The van der Waals surface area contributed by atoms with Crippen molar-refractivity contribution in [3.8, 4) is 11.5 Å². The van der Waals surface area contributed by atoms with E-state index in [-0.39, 0.29) is 27.7 Å². The average molecular weight is 486 g/mol. The van der Waals surface area contributed by atoms with Gasteiger partial charge in [0.15, 0.2) is 0 Å². The molecule has 0 fully saturated rings. The molecular formula is C23H23N3O7S. The van der Waals surface area contributed by atoms with Gasteiger partial charge in [-0.15, -0.1) is 0 Å². The average Bonchev–Trinajstić information content (AvgIpc) is 2.82. The lowest BCUT2D eigenvalue weighted by molar-refractivity contribution is -0.384. The number of nitro groups is 1. The number of sulfonamides is 1. The summed E-state index contributed by atoms with van der Waals surface area (Å²) in [5, 5.41) is 13.6. The van der Waals surface area contributed by atoms with Crippen LogP contribution in [0.1, 0.15) is 5.56 Å². The summed E-state index contributed by atoms with van der Waals surface area (Å²) in [5.41, 5.74) is 0.872. The summed E-state index contributed by atoms with van der Waals surface area (Å²) in [6, 6.07) is 16.2. The molecule has 3 rings (SSSR count). The number of nitrogens with one attached hydrogen (secondary N) is 1.